The lowest BCUT2D eigenvalue weighted by atomic mass is 9.95. The maximum atomic E-state index is 13.3. The van der Waals surface area contributed by atoms with E-state index in [4.69, 9.17) is 0 Å². The fraction of sp³-hybridized carbons (Fsp3) is 0.515. The molecule has 5 saturated heterocycles. The Balaban J connectivity index is 0.000000223. The Labute approximate surface area is 323 Å². The number of carbonyl (C=O) groups is 8. The number of hydrogen-bond donors (Lipinski definition) is 4. The predicted octanol–water partition coefficient (Wildman–Crippen LogP) is -1.76. The summed E-state index contributed by atoms with van der Waals surface area (Å²) in [6.45, 7) is 6.86. The van der Waals surface area contributed by atoms with Crippen molar-refractivity contribution < 1.29 is 57.0 Å². The van der Waals surface area contributed by atoms with Gasteiger partial charge in [0.25, 0.3) is 0 Å². The number of urea groups is 1. The van der Waals surface area contributed by atoms with Crippen LogP contribution in [0.5, 0.6) is 0 Å². The maximum Gasteiger partial charge on any atom is 0.328 e. The van der Waals surface area contributed by atoms with Gasteiger partial charge in [0.2, 0.25) is 17.7 Å². The molecule has 21 nitrogen and oxygen atoms in total. The lowest BCUT2D eigenvalue weighted by molar-refractivity contribution is -0.161. The standard InChI is InChI=1S/C23H27N5O7S.C10H12N4O5S/c1-4-26-10-11-27(19(32)18(26)31)22(35)25-13(12-8-6-5-7-9-12)16(29)24-14-17(30)28-15(21(33)34)23(2,3)36-20(14)28;1-10(5-13-3-2-11-12-13)8(9(16)17)14-6(15)4-7(14)20(10,18)19/h5-9,13-15,20H,4,10-11H2,1-3H3,(H,24,29)(H,25,35)(H,33,34);2-3,7-8H,4-5H2,1H3,(H,16,17)/t13-,14-,15?,20?;7-,8?,10?/m11/s1. The number of carboxylic acid groups (broad SMARTS) is 2. The Hall–Kier alpha value is -5.58. The Kier molecular flexibility index (Phi) is 10.4. The van der Waals surface area contributed by atoms with E-state index >= 15 is 0 Å². The van der Waals surface area contributed by atoms with Gasteiger partial charge in [-0.15, -0.1) is 16.9 Å². The van der Waals surface area contributed by atoms with Gasteiger partial charge in [0.1, 0.15) is 33.6 Å². The van der Waals surface area contributed by atoms with Crippen LogP contribution in [0.3, 0.4) is 0 Å². The first-order valence-electron chi connectivity index (χ1n) is 17.4. The van der Waals surface area contributed by atoms with E-state index in [9.17, 15) is 57.0 Å². The molecule has 23 heteroatoms. The van der Waals surface area contributed by atoms with Crippen molar-refractivity contribution in [3.63, 3.8) is 0 Å². The minimum atomic E-state index is -3.80. The molecule has 1 aromatic heterocycles. The number of β-lactam (4-membered cyclic amide) rings is 2. The van der Waals surface area contributed by atoms with Crippen molar-refractivity contribution in [3.8, 4) is 0 Å². The molecule has 5 aliphatic rings. The number of imide groups is 1. The molecule has 0 radical (unpaired) electrons. The monoisotopic (exact) mass is 817 g/mol. The van der Waals surface area contributed by atoms with Crippen molar-refractivity contribution in [1.29, 1.82) is 0 Å². The van der Waals surface area contributed by atoms with Crippen LogP contribution >= 0.6 is 11.8 Å². The molecule has 4 unspecified atom stereocenters. The van der Waals surface area contributed by atoms with Crippen LogP contribution in [-0.4, -0.2) is 159 Å². The summed E-state index contributed by atoms with van der Waals surface area (Å²) in [4.78, 5) is 103. The van der Waals surface area contributed by atoms with Crippen LogP contribution in [0, 0.1) is 0 Å². The molecule has 300 valence electrons. The molecule has 0 aliphatic carbocycles. The number of amides is 7. The second-order valence-corrected chi connectivity index (χ2v) is 18.7. The summed E-state index contributed by atoms with van der Waals surface area (Å²) in [5.41, 5.74) is 0.403. The van der Waals surface area contributed by atoms with E-state index in [2.05, 4.69) is 20.9 Å². The third-order valence-electron chi connectivity index (χ3n) is 10.6. The van der Waals surface area contributed by atoms with E-state index in [1.807, 2.05) is 0 Å². The molecule has 2 aromatic rings. The van der Waals surface area contributed by atoms with E-state index in [0.717, 1.165) is 9.80 Å². The van der Waals surface area contributed by atoms with E-state index < -0.39 is 102 Å². The van der Waals surface area contributed by atoms with Gasteiger partial charge in [-0.05, 0) is 33.3 Å². The SMILES string of the molecule is CC1(Cn2ccnn2)C(C(=O)O)N2C(=O)C[C@H]2S1(=O)=O.CCN1CCN(C(=O)N[C@@H](C(=O)N[C@@H]2C(=O)N3C2SC(C)(C)C3C(=O)O)c2ccccc2)C(=O)C1=O. The minimum Gasteiger partial charge on any atom is -0.480 e. The van der Waals surface area contributed by atoms with Crippen molar-refractivity contribution >= 4 is 69.1 Å². The highest BCUT2D eigenvalue weighted by atomic mass is 32.2. The first kappa shape index (κ1) is 40.1. The summed E-state index contributed by atoms with van der Waals surface area (Å²) in [6.07, 6.45) is 2.68. The summed E-state index contributed by atoms with van der Waals surface area (Å²) in [5.74, 6) is -5.90. The summed E-state index contributed by atoms with van der Waals surface area (Å²) < 4.78 is 24.0. The number of aliphatic carboxylic acids is 2. The van der Waals surface area contributed by atoms with Crippen LogP contribution in [0.1, 0.15) is 45.7 Å². The fourth-order valence-electron chi connectivity index (χ4n) is 7.63. The van der Waals surface area contributed by atoms with Gasteiger partial charge in [0, 0.05) is 30.6 Å². The molecule has 1 aromatic carbocycles. The van der Waals surface area contributed by atoms with E-state index in [-0.39, 0.29) is 26.1 Å². The Morgan fingerprint density at radius 2 is 1.62 bits per heavy atom. The maximum absolute atomic E-state index is 13.3. The summed E-state index contributed by atoms with van der Waals surface area (Å²) in [7, 11) is -3.80. The number of fused-ring (bicyclic) bond motifs is 2. The van der Waals surface area contributed by atoms with Gasteiger partial charge >= 0.3 is 29.8 Å². The number of nitrogens with one attached hydrogen (secondary N) is 2. The molecule has 0 spiro atoms. The number of likely N-dealkylation sites (N-methyl/N-ethyl adjacent to an activating group) is 1. The molecule has 0 bridgehead atoms. The smallest absolute Gasteiger partial charge is 0.328 e. The number of thioether (sulfide) groups is 1. The lowest BCUT2D eigenvalue weighted by Crippen LogP contribution is -2.71. The zero-order valence-corrected chi connectivity index (χ0v) is 32.1. The Morgan fingerprint density at radius 3 is 2.20 bits per heavy atom. The molecule has 4 N–H and O–H groups in total. The summed E-state index contributed by atoms with van der Waals surface area (Å²) in [5, 5.41) is 29.7. The first-order valence-corrected chi connectivity index (χ1v) is 19.8. The van der Waals surface area contributed by atoms with Gasteiger partial charge in [-0.1, -0.05) is 35.5 Å². The third kappa shape index (κ3) is 6.50. The molecule has 7 rings (SSSR count). The zero-order valence-electron chi connectivity index (χ0n) is 30.5. The van der Waals surface area contributed by atoms with Gasteiger partial charge in [0.15, 0.2) is 15.9 Å². The van der Waals surface area contributed by atoms with Crippen LogP contribution in [-0.2, 0) is 49.9 Å². The second kappa shape index (κ2) is 14.5. The molecule has 5 aliphatic heterocycles. The van der Waals surface area contributed by atoms with Crippen molar-refractivity contribution in [2.75, 3.05) is 19.6 Å². The minimum absolute atomic E-state index is 0.0200. The van der Waals surface area contributed by atoms with Crippen LogP contribution in [0.15, 0.2) is 42.7 Å². The molecule has 6 heterocycles. The Bertz CT molecular complexity index is 2100. The summed E-state index contributed by atoms with van der Waals surface area (Å²) in [6, 6.07) is 2.71. The van der Waals surface area contributed by atoms with Gasteiger partial charge in [-0.3, -0.25) is 33.6 Å². The number of nitrogens with zero attached hydrogens (tertiary/aromatic N) is 7. The molecule has 7 amide bonds. The zero-order chi connectivity index (χ0) is 41.1. The van der Waals surface area contributed by atoms with Crippen LogP contribution in [0.4, 0.5) is 4.79 Å². The lowest BCUT2D eigenvalue weighted by Gasteiger charge is -2.44. The number of carboxylic acids is 2. The van der Waals surface area contributed by atoms with Gasteiger partial charge in [-0.25, -0.2) is 22.8 Å². The largest absolute Gasteiger partial charge is 0.480 e. The topological polar surface area (TPSA) is 279 Å². The number of carbonyl (C=O) groups excluding carboxylic acids is 6. The third-order valence-corrected chi connectivity index (χ3v) is 14.9. The molecule has 0 saturated carbocycles. The molecule has 5 fully saturated rings. The number of benzene rings is 1. The van der Waals surface area contributed by atoms with Crippen molar-refractivity contribution in [1.82, 2.24) is 45.2 Å². The molecular weight excluding hydrogens is 779 g/mol. The quantitative estimate of drug-likeness (QED) is 0.161. The normalized spacial score (nSPS) is 28.9. The highest BCUT2D eigenvalue weighted by Crippen LogP contribution is 2.51. The van der Waals surface area contributed by atoms with Gasteiger partial charge < -0.3 is 35.5 Å². The number of piperazine rings is 1. The van der Waals surface area contributed by atoms with E-state index in [1.54, 1.807) is 51.1 Å². The fourth-order valence-corrected chi connectivity index (χ4v) is 11.6. The second-order valence-electron chi connectivity index (χ2n) is 14.4. The highest BCUT2D eigenvalue weighted by Gasteiger charge is 2.70. The average Bonchev–Trinajstić information content (AvgIpc) is 3.78. The van der Waals surface area contributed by atoms with Crippen LogP contribution in [0.2, 0.25) is 0 Å². The Morgan fingerprint density at radius 1 is 0.964 bits per heavy atom. The van der Waals surface area contributed by atoms with Crippen molar-refractivity contribution in [2.45, 2.75) is 85.1 Å². The van der Waals surface area contributed by atoms with Crippen LogP contribution < -0.4 is 10.6 Å². The van der Waals surface area contributed by atoms with Crippen LogP contribution in [0.25, 0.3) is 0 Å². The number of rotatable bonds is 9. The summed E-state index contributed by atoms with van der Waals surface area (Å²) >= 11 is 1.28. The number of hydrogen-bond acceptors (Lipinski definition) is 13. The van der Waals surface area contributed by atoms with E-state index in [0.29, 0.717) is 12.1 Å². The number of sulfone groups is 1. The van der Waals surface area contributed by atoms with Crippen molar-refractivity contribution in [2.24, 2.45) is 0 Å². The first-order chi connectivity index (χ1) is 26.3. The van der Waals surface area contributed by atoms with Crippen molar-refractivity contribution in [3.05, 3.63) is 48.3 Å². The van der Waals surface area contributed by atoms with Gasteiger partial charge in [0.05, 0.1) is 19.2 Å². The highest BCUT2D eigenvalue weighted by molar-refractivity contribution is 8.01. The molecular formula is C33H39N9O12S2. The molecule has 7 atom stereocenters. The number of aromatic nitrogens is 3. The average molecular weight is 818 g/mol. The van der Waals surface area contributed by atoms with E-state index in [1.165, 1.54) is 45.6 Å². The van der Waals surface area contributed by atoms with Gasteiger partial charge in [-0.2, -0.15) is 0 Å². The molecule has 56 heavy (non-hydrogen) atoms. The predicted molar refractivity (Wildman–Crippen MR) is 191 cm³/mol.